The number of hydrogen-bond donors (Lipinski definition) is 7. The Hall–Kier alpha value is -11.0. The number of nitro groups is 1. The topological polar surface area (TPSA) is 469 Å². The summed E-state index contributed by atoms with van der Waals surface area (Å²) in [4.78, 5) is 168. The fourth-order valence-electron chi connectivity index (χ4n) is 14.2. The van der Waals surface area contributed by atoms with E-state index in [4.69, 9.17) is 52.2 Å². The van der Waals surface area contributed by atoms with Gasteiger partial charge in [0.1, 0.15) is 43.2 Å². The SMILES string of the molecule is C=C1C[C@H]2C(O)C(C(=O)OCc3ccc(O[C@@H]4OC[C@@H](O)[C@H](O)[C@H]4O)c([N+](=O)[O-])c3)c3cc(OCCCOc4cc5c(cc4OC)C(=O)N4CC(=C)C[C@H]4C(O)N5C(=O)OCc4ccc(CC(=O)[C@H](C)NC(=O)[C@@H](CC(=O)CCOCCNC(=O)CCN5C(=O)CC(C(C)C)C5=O)C(C)C)cc4)c(OC)cc3C(=O)N2C1.O=C=O. The van der Waals surface area contributed by atoms with Crippen LogP contribution in [0.25, 0.3) is 0 Å². The van der Waals surface area contributed by atoms with Crippen LogP contribution in [0.5, 0.6) is 28.7 Å². The Kier molecular flexibility index (Phi) is 29.8. The molecule has 0 aromatic heterocycles. The van der Waals surface area contributed by atoms with Crippen LogP contribution in [-0.2, 0) is 81.7 Å². The zero-order chi connectivity index (χ0) is 83.1. The molecule has 6 aliphatic heterocycles. The molecule has 7 amide bonds. The summed E-state index contributed by atoms with van der Waals surface area (Å²) in [6.45, 7) is 15.9. The third-order valence-corrected chi connectivity index (χ3v) is 20.6. The lowest BCUT2D eigenvalue weighted by Gasteiger charge is -2.34. The van der Waals surface area contributed by atoms with E-state index in [1.54, 1.807) is 45.0 Å². The minimum absolute atomic E-state index is 0.00482. The lowest BCUT2D eigenvalue weighted by atomic mass is 9.86. The summed E-state index contributed by atoms with van der Waals surface area (Å²) < 4.78 is 51.8. The number of fused-ring (bicyclic) bond motifs is 4. The molecule has 6 heterocycles. The fourth-order valence-corrected chi connectivity index (χ4v) is 14.2. The number of likely N-dealkylation sites (tertiary alicyclic amines) is 1. The number of Topliss-reactive ketones (excluding diaryl/α,β-unsaturated/α-hetero) is 2. The quantitative estimate of drug-likeness (QED) is 0.00875. The van der Waals surface area contributed by atoms with Crippen molar-refractivity contribution in [2.45, 2.75) is 160 Å². The molecule has 0 spiro atoms. The first-order chi connectivity index (χ1) is 54.3. The van der Waals surface area contributed by atoms with Crippen LogP contribution in [0.15, 0.2) is 91.0 Å². The first-order valence-corrected chi connectivity index (χ1v) is 37.1. The Bertz CT molecular complexity index is 4330. The molecule has 114 heavy (non-hydrogen) atoms. The number of imide groups is 1. The lowest BCUT2D eigenvalue weighted by molar-refractivity contribution is -0.386. The number of esters is 1. The summed E-state index contributed by atoms with van der Waals surface area (Å²) in [5, 5.41) is 72.2. The van der Waals surface area contributed by atoms with E-state index in [0.717, 1.165) is 15.9 Å². The third-order valence-electron chi connectivity index (χ3n) is 20.6. The van der Waals surface area contributed by atoms with E-state index >= 15 is 0 Å². The predicted molar refractivity (Wildman–Crippen MR) is 396 cm³/mol. The largest absolute Gasteiger partial charge is 0.493 e. The summed E-state index contributed by atoms with van der Waals surface area (Å²) in [5.74, 6) is -7.03. The number of methoxy groups -OCH3 is 2. The van der Waals surface area contributed by atoms with Gasteiger partial charge in [0.25, 0.3) is 11.8 Å². The van der Waals surface area contributed by atoms with E-state index in [1.165, 1.54) is 60.4 Å². The Morgan fingerprint density at radius 2 is 1.31 bits per heavy atom. The molecule has 10 rings (SSSR count). The normalized spacial score (nSPS) is 22.2. The summed E-state index contributed by atoms with van der Waals surface area (Å²) in [7, 11) is 2.69. The number of aliphatic hydroxyl groups excluding tert-OH is 5. The van der Waals surface area contributed by atoms with Gasteiger partial charge in [-0.15, -0.1) is 0 Å². The number of aliphatic hydroxyl groups is 5. The number of amides is 7. The molecule has 35 heteroatoms. The maximum atomic E-state index is 14.5. The van der Waals surface area contributed by atoms with Gasteiger partial charge in [-0.3, -0.25) is 58.2 Å². The lowest BCUT2D eigenvalue weighted by Crippen LogP contribution is -2.54. The Balaban J connectivity index is 0.00000488. The Labute approximate surface area is 655 Å². The van der Waals surface area contributed by atoms with Crippen molar-refractivity contribution in [1.29, 1.82) is 0 Å². The number of benzene rings is 4. The second-order valence-corrected chi connectivity index (χ2v) is 29.2. The van der Waals surface area contributed by atoms with Crippen LogP contribution in [0.2, 0.25) is 0 Å². The average Bonchev–Trinajstić information content (AvgIpc) is 1.60. The highest BCUT2D eigenvalue weighted by Crippen LogP contribution is 2.45. The van der Waals surface area contributed by atoms with Crippen molar-refractivity contribution in [3.05, 3.63) is 135 Å². The van der Waals surface area contributed by atoms with Crippen molar-refractivity contribution in [2.24, 2.45) is 23.7 Å². The molecule has 4 saturated heterocycles. The number of ether oxygens (including phenoxy) is 9. The molecule has 0 aliphatic carbocycles. The molecule has 4 aromatic rings. The predicted octanol–water partition coefficient (Wildman–Crippen LogP) is 3.70. The molecule has 4 fully saturated rings. The smallest absolute Gasteiger partial charge is 0.416 e. The van der Waals surface area contributed by atoms with Crippen molar-refractivity contribution in [1.82, 2.24) is 25.3 Å². The fraction of sp³-hybridized carbons (Fsp3) is 0.506. The van der Waals surface area contributed by atoms with E-state index in [9.17, 15) is 83.6 Å². The second-order valence-electron chi connectivity index (χ2n) is 29.2. The Morgan fingerprint density at radius 1 is 0.702 bits per heavy atom. The van der Waals surface area contributed by atoms with E-state index in [1.807, 2.05) is 13.8 Å². The molecule has 35 nitrogen and oxygen atoms in total. The minimum atomic E-state index is -1.76. The van der Waals surface area contributed by atoms with Crippen LogP contribution in [0, 0.1) is 33.8 Å². The highest BCUT2D eigenvalue weighted by Gasteiger charge is 2.50. The van der Waals surface area contributed by atoms with E-state index in [0.29, 0.717) is 22.3 Å². The zero-order valence-corrected chi connectivity index (χ0v) is 64.1. The van der Waals surface area contributed by atoms with Gasteiger partial charge < -0.3 is 88.6 Å². The minimum Gasteiger partial charge on any atom is -0.493 e. The standard InChI is InChI=1S/C78H95N7O26.CO2/c1-40(2)49(29-48(86)18-23-105-24-19-79-65(89)17-20-81-66(90)33-50(41(3)4)72(81)95)71(94)80-44(7)58(87)28-45-11-13-46(14-12-45)37-110-78(100)84-54-34-64(62(104-9)32-53(54)74(97)83-36-43(6)26-57(83)75(84)98)107-22-10-21-106-63-30-51-52(31-61(63)103-8)73(96)82-35-42(5)25-56(82)68(91)67(51)76(99)108-38-47-15-16-60(55(27-47)85(101)102)111-77-70(93)69(92)59(88)39-109-77;2-1-3/h11-16,27,30-32,34,40-41,44,49-50,56-57,59,67-70,75,77,88,91-93,98H,5-6,10,17-26,28-29,33,35-39H2,1-4,7-9H3,(H,79,89)(H,80,94);/t44-,49-,50?,56-,57-,59+,67?,68?,69-,70+,75?,77-;/m0./s1. The van der Waals surface area contributed by atoms with Gasteiger partial charge in [-0.05, 0) is 78.1 Å². The highest BCUT2D eigenvalue weighted by atomic mass is 16.7. The van der Waals surface area contributed by atoms with E-state index in [-0.39, 0.29) is 220 Å². The molecule has 7 N–H and O–H groups in total. The molecule has 4 aromatic carbocycles. The monoisotopic (exact) mass is 1590 g/mol. The van der Waals surface area contributed by atoms with E-state index in [2.05, 4.69) is 23.8 Å². The van der Waals surface area contributed by atoms with Gasteiger partial charge in [-0.25, -0.2) is 9.69 Å². The molecule has 614 valence electrons. The van der Waals surface area contributed by atoms with Crippen molar-refractivity contribution in [2.75, 3.05) is 78.3 Å². The van der Waals surface area contributed by atoms with Crippen LogP contribution in [-0.4, -0.2) is 239 Å². The molecule has 12 atom stereocenters. The van der Waals surface area contributed by atoms with Crippen LogP contribution in [0.1, 0.15) is 128 Å². The molecule has 6 aliphatic rings. The molecular weight excluding hydrogens is 1490 g/mol. The summed E-state index contributed by atoms with van der Waals surface area (Å²) in [6, 6.07) is 12.9. The van der Waals surface area contributed by atoms with Crippen molar-refractivity contribution in [3.63, 3.8) is 0 Å². The van der Waals surface area contributed by atoms with Crippen molar-refractivity contribution in [3.8, 4) is 28.7 Å². The molecular formula is C79H95N7O28. The van der Waals surface area contributed by atoms with Gasteiger partial charge in [0, 0.05) is 94.2 Å². The van der Waals surface area contributed by atoms with Crippen LogP contribution >= 0.6 is 0 Å². The number of nitrogens with zero attached hydrogens (tertiary/aromatic N) is 5. The first-order valence-electron chi connectivity index (χ1n) is 37.1. The number of hydrogen-bond acceptors (Lipinski definition) is 28. The summed E-state index contributed by atoms with van der Waals surface area (Å²) in [5.41, 5.74) is 1.72. The number of carbonyl (C=O) groups excluding carboxylic acids is 12. The van der Waals surface area contributed by atoms with Crippen molar-refractivity contribution < 1.29 is 131 Å². The van der Waals surface area contributed by atoms with Gasteiger partial charge in [-0.1, -0.05) is 82.3 Å². The third kappa shape index (κ3) is 20.7. The number of carbonyl (C=O) groups is 10. The summed E-state index contributed by atoms with van der Waals surface area (Å²) in [6.07, 6.45) is -10.1. The molecule has 4 unspecified atom stereocenters. The second kappa shape index (κ2) is 39.1. The van der Waals surface area contributed by atoms with Crippen LogP contribution in [0.3, 0.4) is 0 Å². The van der Waals surface area contributed by atoms with Gasteiger partial charge >= 0.3 is 23.9 Å². The maximum absolute atomic E-state index is 14.5. The van der Waals surface area contributed by atoms with Crippen LogP contribution < -0.4 is 39.2 Å². The molecule has 0 saturated carbocycles. The molecule has 0 radical (unpaired) electrons. The van der Waals surface area contributed by atoms with Gasteiger partial charge in [0.15, 0.2) is 40.8 Å². The highest BCUT2D eigenvalue weighted by molar-refractivity contribution is 6.07. The number of rotatable bonds is 34. The van der Waals surface area contributed by atoms with Gasteiger partial charge in [0.2, 0.25) is 29.9 Å². The Morgan fingerprint density at radius 3 is 1.94 bits per heavy atom. The number of ketones is 2. The van der Waals surface area contributed by atoms with Crippen molar-refractivity contribution >= 4 is 76.6 Å². The van der Waals surface area contributed by atoms with Gasteiger partial charge in [-0.2, -0.15) is 9.59 Å². The number of nitro benzene ring substituents is 1. The first kappa shape index (κ1) is 86.9. The average molecular weight is 1590 g/mol. The van der Waals surface area contributed by atoms with E-state index < -0.39 is 121 Å². The summed E-state index contributed by atoms with van der Waals surface area (Å²) >= 11 is 0. The maximum Gasteiger partial charge on any atom is 0.416 e. The number of anilines is 1. The van der Waals surface area contributed by atoms with Crippen LogP contribution in [0.4, 0.5) is 16.2 Å². The molecule has 0 bridgehead atoms. The number of nitrogens with one attached hydrogen (secondary N) is 2. The van der Waals surface area contributed by atoms with Gasteiger partial charge in [0.05, 0.1) is 87.7 Å². The zero-order valence-electron chi connectivity index (χ0n) is 64.1.